The first-order chi connectivity index (χ1) is 10.7. The van der Waals surface area contributed by atoms with E-state index in [9.17, 15) is 4.79 Å². The summed E-state index contributed by atoms with van der Waals surface area (Å²) < 4.78 is 0. The van der Waals surface area contributed by atoms with Gasteiger partial charge in [-0.1, -0.05) is 11.6 Å². The van der Waals surface area contributed by atoms with Crippen LogP contribution in [0, 0.1) is 0 Å². The van der Waals surface area contributed by atoms with Gasteiger partial charge in [-0.3, -0.25) is 14.8 Å². The standard InChI is InChI=1S/C8H5ClN2.C8H6N2O/c9-8-4-3-6-7(11-8)2-1-5-10-6;11-8-4-3-6-7(10-8)2-1-5-9-6/h1-5H;1-5H,(H,10,11). The molecule has 0 saturated heterocycles. The molecular formula is C16H11ClN4O. The lowest BCUT2D eigenvalue weighted by Crippen LogP contribution is -2.02. The Labute approximate surface area is 130 Å². The van der Waals surface area contributed by atoms with Gasteiger partial charge in [0.15, 0.2) is 0 Å². The SMILES string of the molecule is Clc1ccc2ncccc2n1.O=c1ccc2ncccc2[nH]1. The molecule has 0 unspecified atom stereocenters. The summed E-state index contributed by atoms with van der Waals surface area (Å²) in [5.41, 5.74) is 3.20. The molecule has 0 fully saturated rings. The maximum absolute atomic E-state index is 10.8. The van der Waals surface area contributed by atoms with E-state index in [1.807, 2.05) is 24.3 Å². The number of hydrogen-bond donors (Lipinski definition) is 1. The lowest BCUT2D eigenvalue weighted by atomic mass is 10.3. The Hall–Kier alpha value is -2.79. The molecule has 0 atom stereocenters. The molecule has 0 bridgehead atoms. The first-order valence-electron chi connectivity index (χ1n) is 6.54. The fourth-order valence-electron chi connectivity index (χ4n) is 1.92. The molecule has 0 aliphatic carbocycles. The second kappa shape index (κ2) is 6.32. The van der Waals surface area contributed by atoms with Gasteiger partial charge in [0.05, 0.1) is 22.1 Å². The van der Waals surface area contributed by atoms with Gasteiger partial charge in [0.2, 0.25) is 5.56 Å². The Morgan fingerprint density at radius 1 is 0.818 bits per heavy atom. The lowest BCUT2D eigenvalue weighted by molar-refractivity contribution is 1.27. The molecular weight excluding hydrogens is 300 g/mol. The van der Waals surface area contributed by atoms with Crippen LogP contribution >= 0.6 is 11.6 Å². The van der Waals surface area contributed by atoms with Gasteiger partial charge in [0, 0.05) is 18.5 Å². The highest BCUT2D eigenvalue weighted by Gasteiger charge is 1.94. The maximum Gasteiger partial charge on any atom is 0.248 e. The van der Waals surface area contributed by atoms with Crippen LogP contribution in [0.15, 0.2) is 65.7 Å². The van der Waals surface area contributed by atoms with Crippen LogP contribution in [0.2, 0.25) is 5.15 Å². The Kier molecular flexibility index (Phi) is 4.07. The van der Waals surface area contributed by atoms with Crippen LogP contribution in [-0.2, 0) is 0 Å². The minimum absolute atomic E-state index is 0.0921. The van der Waals surface area contributed by atoms with Crippen LogP contribution in [0.4, 0.5) is 0 Å². The van der Waals surface area contributed by atoms with Crippen LogP contribution in [0.1, 0.15) is 0 Å². The number of H-pyrrole nitrogens is 1. The van der Waals surface area contributed by atoms with Crippen LogP contribution in [0.5, 0.6) is 0 Å². The van der Waals surface area contributed by atoms with Gasteiger partial charge in [-0.05, 0) is 42.5 Å². The molecule has 0 aliphatic rings. The Morgan fingerprint density at radius 2 is 1.55 bits per heavy atom. The van der Waals surface area contributed by atoms with E-state index in [2.05, 4.69) is 19.9 Å². The topological polar surface area (TPSA) is 71.5 Å². The molecule has 0 aromatic carbocycles. The van der Waals surface area contributed by atoms with Crippen molar-refractivity contribution in [3.05, 3.63) is 76.4 Å². The third kappa shape index (κ3) is 3.27. The lowest BCUT2D eigenvalue weighted by Gasteiger charge is -1.93. The molecule has 0 spiro atoms. The molecule has 5 nitrogen and oxygen atoms in total. The molecule has 0 aliphatic heterocycles. The Bertz CT molecular complexity index is 984. The largest absolute Gasteiger partial charge is 0.321 e. The van der Waals surface area contributed by atoms with E-state index in [1.165, 1.54) is 6.07 Å². The van der Waals surface area contributed by atoms with Crippen molar-refractivity contribution in [1.82, 2.24) is 19.9 Å². The molecule has 0 radical (unpaired) electrons. The van der Waals surface area contributed by atoms with Gasteiger partial charge < -0.3 is 4.98 Å². The normalized spacial score (nSPS) is 10.2. The zero-order valence-electron chi connectivity index (χ0n) is 11.4. The summed E-state index contributed by atoms with van der Waals surface area (Å²) in [7, 11) is 0. The Balaban J connectivity index is 0.000000131. The monoisotopic (exact) mass is 310 g/mol. The fraction of sp³-hybridized carbons (Fsp3) is 0. The molecule has 4 rings (SSSR count). The Morgan fingerprint density at radius 3 is 2.41 bits per heavy atom. The summed E-state index contributed by atoms with van der Waals surface area (Å²) in [5.74, 6) is 0. The van der Waals surface area contributed by atoms with Gasteiger partial charge in [-0.2, -0.15) is 0 Å². The van der Waals surface area contributed by atoms with Crippen molar-refractivity contribution in [1.29, 1.82) is 0 Å². The van der Waals surface area contributed by atoms with Crippen molar-refractivity contribution in [2.45, 2.75) is 0 Å². The molecule has 4 aromatic rings. The quantitative estimate of drug-likeness (QED) is 0.506. The molecule has 22 heavy (non-hydrogen) atoms. The van der Waals surface area contributed by atoms with Crippen LogP contribution < -0.4 is 5.56 Å². The number of halogens is 1. The van der Waals surface area contributed by atoms with Gasteiger partial charge in [-0.15, -0.1) is 0 Å². The summed E-state index contributed by atoms with van der Waals surface area (Å²) in [6, 6.07) is 14.1. The van der Waals surface area contributed by atoms with Crippen LogP contribution in [0.3, 0.4) is 0 Å². The molecule has 6 heteroatoms. The molecule has 1 N–H and O–H groups in total. The molecule has 0 saturated carbocycles. The highest BCUT2D eigenvalue weighted by molar-refractivity contribution is 6.29. The second-order valence-electron chi connectivity index (χ2n) is 4.43. The van der Waals surface area contributed by atoms with Crippen molar-refractivity contribution in [2.75, 3.05) is 0 Å². The summed E-state index contributed by atoms with van der Waals surface area (Å²) in [6.45, 7) is 0. The van der Waals surface area contributed by atoms with E-state index in [4.69, 9.17) is 11.6 Å². The number of pyridine rings is 4. The van der Waals surface area contributed by atoms with Crippen molar-refractivity contribution < 1.29 is 0 Å². The minimum Gasteiger partial charge on any atom is -0.321 e. The van der Waals surface area contributed by atoms with E-state index in [0.717, 1.165) is 22.1 Å². The third-order valence-electron chi connectivity index (χ3n) is 2.91. The first kappa shape index (κ1) is 14.2. The average molecular weight is 311 g/mol. The number of nitrogens with one attached hydrogen (secondary N) is 1. The molecule has 4 heterocycles. The highest BCUT2D eigenvalue weighted by atomic mass is 35.5. The van der Waals surface area contributed by atoms with Gasteiger partial charge in [0.1, 0.15) is 5.15 Å². The van der Waals surface area contributed by atoms with Crippen molar-refractivity contribution in [2.24, 2.45) is 0 Å². The van der Waals surface area contributed by atoms with Crippen LogP contribution in [-0.4, -0.2) is 19.9 Å². The zero-order valence-corrected chi connectivity index (χ0v) is 12.2. The van der Waals surface area contributed by atoms with Crippen molar-refractivity contribution in [3.63, 3.8) is 0 Å². The number of fused-ring (bicyclic) bond motifs is 2. The third-order valence-corrected chi connectivity index (χ3v) is 3.12. The van der Waals surface area contributed by atoms with Crippen molar-refractivity contribution in [3.8, 4) is 0 Å². The first-order valence-corrected chi connectivity index (χ1v) is 6.91. The van der Waals surface area contributed by atoms with E-state index in [-0.39, 0.29) is 5.56 Å². The minimum atomic E-state index is -0.0921. The van der Waals surface area contributed by atoms with E-state index in [1.54, 1.807) is 30.6 Å². The van der Waals surface area contributed by atoms with Gasteiger partial charge >= 0.3 is 0 Å². The maximum atomic E-state index is 10.8. The number of hydrogen-bond acceptors (Lipinski definition) is 4. The summed E-state index contributed by atoms with van der Waals surface area (Å²) in [4.78, 5) is 25.7. The van der Waals surface area contributed by atoms with E-state index >= 15 is 0 Å². The van der Waals surface area contributed by atoms with Crippen LogP contribution in [0.25, 0.3) is 22.1 Å². The van der Waals surface area contributed by atoms with Gasteiger partial charge in [-0.25, -0.2) is 4.98 Å². The predicted molar refractivity (Wildman–Crippen MR) is 86.9 cm³/mol. The summed E-state index contributed by atoms with van der Waals surface area (Å²) in [5, 5.41) is 0.505. The van der Waals surface area contributed by atoms with Gasteiger partial charge in [0.25, 0.3) is 0 Å². The molecule has 4 aromatic heterocycles. The second-order valence-corrected chi connectivity index (χ2v) is 4.82. The number of rotatable bonds is 0. The molecule has 0 amide bonds. The van der Waals surface area contributed by atoms with E-state index < -0.39 is 0 Å². The number of aromatic amines is 1. The number of nitrogens with zero attached hydrogens (tertiary/aromatic N) is 3. The van der Waals surface area contributed by atoms with E-state index in [0.29, 0.717) is 5.15 Å². The van der Waals surface area contributed by atoms with Crippen molar-refractivity contribution >= 4 is 33.7 Å². The zero-order chi connectivity index (χ0) is 15.4. The smallest absolute Gasteiger partial charge is 0.248 e. The molecule has 108 valence electrons. The average Bonchev–Trinajstić information content (AvgIpc) is 2.55. The fourth-order valence-corrected chi connectivity index (χ4v) is 2.07. The summed E-state index contributed by atoms with van der Waals surface area (Å²) >= 11 is 5.68. The number of aromatic nitrogens is 4. The predicted octanol–water partition coefficient (Wildman–Crippen LogP) is 3.21. The highest BCUT2D eigenvalue weighted by Crippen LogP contribution is 2.11. The summed E-state index contributed by atoms with van der Waals surface area (Å²) in [6.07, 6.45) is 3.43.